The lowest BCUT2D eigenvalue weighted by molar-refractivity contribution is -0.128. The second-order valence-electron chi connectivity index (χ2n) is 7.85. The van der Waals surface area contributed by atoms with E-state index in [4.69, 9.17) is 4.42 Å². The van der Waals surface area contributed by atoms with Gasteiger partial charge in [-0.2, -0.15) is 0 Å². The zero-order valence-corrected chi connectivity index (χ0v) is 18.0. The van der Waals surface area contributed by atoms with Crippen molar-refractivity contribution in [3.63, 3.8) is 0 Å². The highest BCUT2D eigenvalue weighted by Crippen LogP contribution is 2.56. The molecule has 0 saturated carbocycles. The summed E-state index contributed by atoms with van der Waals surface area (Å²) in [6, 6.07) is 20.5. The molecule has 6 nitrogen and oxygen atoms in total. The molecular weight excluding hydrogens is 424 g/mol. The van der Waals surface area contributed by atoms with Crippen molar-refractivity contribution in [2.24, 2.45) is 0 Å². The zero-order valence-electron chi connectivity index (χ0n) is 17.2. The van der Waals surface area contributed by atoms with Crippen LogP contribution in [0.15, 0.2) is 71.1 Å². The number of fused-ring (bicyclic) bond motifs is 5. The minimum Gasteiger partial charge on any atom is -0.456 e. The third-order valence-electron chi connectivity index (χ3n) is 6.14. The molecule has 158 valence electrons. The van der Waals surface area contributed by atoms with Gasteiger partial charge < -0.3 is 4.42 Å². The summed E-state index contributed by atoms with van der Waals surface area (Å²) < 4.78 is 6.02. The van der Waals surface area contributed by atoms with E-state index in [9.17, 15) is 14.4 Å². The number of rotatable bonds is 2. The van der Waals surface area contributed by atoms with E-state index in [2.05, 4.69) is 0 Å². The van der Waals surface area contributed by atoms with Crippen molar-refractivity contribution < 1.29 is 18.8 Å². The zero-order chi connectivity index (χ0) is 22.0. The Morgan fingerprint density at radius 3 is 2.59 bits per heavy atom. The minimum atomic E-state index is -1.31. The maximum atomic E-state index is 13.8. The van der Waals surface area contributed by atoms with Gasteiger partial charge in [0.25, 0.3) is 5.91 Å². The number of benzene rings is 3. The lowest BCUT2D eigenvalue weighted by Crippen LogP contribution is -2.50. The van der Waals surface area contributed by atoms with Crippen LogP contribution in [0.3, 0.4) is 0 Å². The highest BCUT2D eigenvalue weighted by Gasteiger charge is 2.62. The Balaban J connectivity index is 1.56. The molecule has 0 bridgehead atoms. The topological polar surface area (TPSA) is 70.8 Å². The van der Waals surface area contributed by atoms with Crippen LogP contribution in [0.5, 0.6) is 0 Å². The van der Waals surface area contributed by atoms with Crippen LogP contribution in [-0.4, -0.2) is 23.5 Å². The molecule has 1 saturated heterocycles. The van der Waals surface area contributed by atoms with Gasteiger partial charge in [-0.25, -0.2) is 4.90 Å². The third-order valence-corrected chi connectivity index (χ3v) is 7.53. The van der Waals surface area contributed by atoms with Gasteiger partial charge in [0.05, 0.1) is 11.4 Å². The van der Waals surface area contributed by atoms with Gasteiger partial charge in [0.2, 0.25) is 16.7 Å². The maximum Gasteiger partial charge on any atom is 0.275 e. The molecule has 1 aromatic heterocycles. The first kappa shape index (κ1) is 19.1. The first-order valence-corrected chi connectivity index (χ1v) is 11.4. The maximum absolute atomic E-state index is 13.8. The molecule has 0 N–H and O–H groups in total. The number of hydrogen-bond donors (Lipinski definition) is 0. The van der Waals surface area contributed by atoms with Crippen LogP contribution < -0.4 is 9.80 Å². The molecule has 2 aliphatic heterocycles. The van der Waals surface area contributed by atoms with Crippen LogP contribution in [0.2, 0.25) is 0 Å². The monoisotopic (exact) mass is 442 g/mol. The fraction of sp³-hybridized carbons (Fsp3) is 0.160. The van der Waals surface area contributed by atoms with E-state index in [1.54, 1.807) is 25.1 Å². The van der Waals surface area contributed by atoms with Gasteiger partial charge in [0.1, 0.15) is 11.2 Å². The summed E-state index contributed by atoms with van der Waals surface area (Å²) in [6.45, 7) is 1.73. The van der Waals surface area contributed by atoms with E-state index in [-0.39, 0.29) is 24.0 Å². The van der Waals surface area contributed by atoms with Gasteiger partial charge in [0, 0.05) is 34.5 Å². The largest absolute Gasteiger partial charge is 0.456 e. The summed E-state index contributed by atoms with van der Waals surface area (Å²) in [5.74, 6) is -0.718. The molecule has 0 radical (unpaired) electrons. The minimum absolute atomic E-state index is 0.145. The summed E-state index contributed by atoms with van der Waals surface area (Å²) in [5, 5.41) is 1.94. The van der Waals surface area contributed by atoms with Crippen molar-refractivity contribution in [2.45, 2.75) is 18.2 Å². The predicted molar refractivity (Wildman–Crippen MR) is 125 cm³/mol. The molecule has 1 fully saturated rings. The van der Waals surface area contributed by atoms with Crippen LogP contribution in [0.1, 0.15) is 18.9 Å². The number of hydrogen-bond acceptors (Lipinski definition) is 5. The first-order valence-electron chi connectivity index (χ1n) is 10.4. The number of carbonyl (C=O) groups is 3. The smallest absolute Gasteiger partial charge is 0.275 e. The number of imide groups is 1. The Labute approximate surface area is 187 Å². The van der Waals surface area contributed by atoms with Gasteiger partial charge in [0.15, 0.2) is 0 Å². The van der Waals surface area contributed by atoms with Gasteiger partial charge in [-0.1, -0.05) is 43.3 Å². The second kappa shape index (κ2) is 6.71. The Morgan fingerprint density at radius 2 is 1.75 bits per heavy atom. The number of furan rings is 1. The van der Waals surface area contributed by atoms with E-state index in [0.717, 1.165) is 16.4 Å². The summed E-state index contributed by atoms with van der Waals surface area (Å²) in [6.07, 6.45) is 0.194. The van der Waals surface area contributed by atoms with Crippen LogP contribution in [-0.2, 0) is 19.3 Å². The summed E-state index contributed by atoms with van der Waals surface area (Å²) >= 11 is 1.26. The van der Waals surface area contributed by atoms with Crippen molar-refractivity contribution in [3.8, 4) is 0 Å². The van der Waals surface area contributed by atoms with Gasteiger partial charge >= 0.3 is 0 Å². The normalized spacial score (nSPS) is 20.2. The van der Waals surface area contributed by atoms with Gasteiger partial charge in [-0.05, 0) is 24.3 Å². The molecule has 4 aromatic rings. The number of amides is 3. The van der Waals surface area contributed by atoms with Crippen LogP contribution >= 0.6 is 11.8 Å². The average Bonchev–Trinajstić information content (AvgIpc) is 3.44. The van der Waals surface area contributed by atoms with Gasteiger partial charge in [-0.3, -0.25) is 19.3 Å². The number of nitrogens with zero attached hydrogens (tertiary/aromatic N) is 2. The molecule has 3 amide bonds. The Kier molecular flexibility index (Phi) is 4.01. The Bertz CT molecular complexity index is 1460. The van der Waals surface area contributed by atoms with Crippen LogP contribution in [0.25, 0.3) is 21.9 Å². The predicted octanol–water partition coefficient (Wildman–Crippen LogP) is 4.80. The Hall–Kier alpha value is -3.58. The number of thioether (sulfide) groups is 1. The van der Waals surface area contributed by atoms with E-state index < -0.39 is 10.8 Å². The molecule has 6 rings (SSSR count). The lowest BCUT2D eigenvalue weighted by atomic mass is 10.0. The average molecular weight is 442 g/mol. The number of anilines is 2. The SMILES string of the molecule is CCC(=O)N1C(=O)[C@]2(SCC(=O)N2c2ccc3c(c2)oc2ccccc23)c2ccccc21. The summed E-state index contributed by atoms with van der Waals surface area (Å²) in [5.41, 5.74) is 3.18. The first-order chi connectivity index (χ1) is 15.6. The van der Waals surface area contributed by atoms with E-state index in [1.165, 1.54) is 21.6 Å². The number of carbonyl (C=O) groups excluding carboxylic acids is 3. The molecule has 3 aromatic carbocycles. The molecule has 0 unspecified atom stereocenters. The summed E-state index contributed by atoms with van der Waals surface area (Å²) in [4.78, 5) is 41.1. The molecule has 7 heteroatoms. The highest BCUT2D eigenvalue weighted by atomic mass is 32.2. The molecule has 2 aliphatic rings. The fourth-order valence-electron chi connectivity index (χ4n) is 4.74. The number of para-hydroxylation sites is 2. The van der Waals surface area contributed by atoms with Crippen molar-refractivity contribution in [1.29, 1.82) is 0 Å². The van der Waals surface area contributed by atoms with Crippen molar-refractivity contribution in [2.75, 3.05) is 15.6 Å². The molecule has 32 heavy (non-hydrogen) atoms. The molecule has 1 atom stereocenters. The van der Waals surface area contributed by atoms with Crippen LogP contribution in [0, 0.1) is 0 Å². The van der Waals surface area contributed by atoms with E-state index >= 15 is 0 Å². The van der Waals surface area contributed by atoms with Crippen molar-refractivity contribution in [3.05, 3.63) is 72.3 Å². The molecule has 3 heterocycles. The van der Waals surface area contributed by atoms with Crippen molar-refractivity contribution in [1.82, 2.24) is 0 Å². The highest BCUT2D eigenvalue weighted by molar-refractivity contribution is 8.02. The molecule has 1 spiro atoms. The Morgan fingerprint density at radius 1 is 1.00 bits per heavy atom. The third kappa shape index (κ3) is 2.34. The molecular formula is C25H18N2O4S. The van der Waals surface area contributed by atoms with Gasteiger partial charge in [-0.15, -0.1) is 11.8 Å². The van der Waals surface area contributed by atoms with E-state index in [1.807, 2.05) is 48.5 Å². The quantitative estimate of drug-likeness (QED) is 0.446. The van der Waals surface area contributed by atoms with E-state index in [0.29, 0.717) is 22.5 Å². The molecule has 0 aliphatic carbocycles. The second-order valence-corrected chi connectivity index (χ2v) is 9.01. The lowest BCUT2D eigenvalue weighted by Gasteiger charge is -2.33. The van der Waals surface area contributed by atoms with Crippen molar-refractivity contribution >= 4 is 62.8 Å². The fourth-order valence-corrected chi connectivity index (χ4v) is 6.08. The van der Waals surface area contributed by atoms with Crippen LogP contribution in [0.4, 0.5) is 11.4 Å². The standard InChI is InChI=1S/C25H18N2O4S/c1-2-22(28)26-19-9-5-4-8-18(19)25(24(26)30)27(23(29)14-32-25)15-11-12-17-16-7-3-6-10-20(16)31-21(17)13-15/h3-13H,2,14H2,1H3/t25-/m1/s1. The summed E-state index contributed by atoms with van der Waals surface area (Å²) in [7, 11) is 0.